The summed E-state index contributed by atoms with van der Waals surface area (Å²) >= 11 is 3.39. The second-order valence-electron chi connectivity index (χ2n) is 1.90. The van der Waals surface area contributed by atoms with Gasteiger partial charge in [-0.2, -0.15) is 0 Å². The van der Waals surface area contributed by atoms with E-state index in [9.17, 15) is 0 Å². The monoisotopic (exact) mass is 200 g/mol. The van der Waals surface area contributed by atoms with Crippen molar-refractivity contribution >= 4 is 15.9 Å². The molecule has 0 heterocycles. The first-order valence-electron chi connectivity index (χ1n) is 3.35. The van der Waals surface area contributed by atoms with Crippen LogP contribution in [0.5, 0.6) is 0 Å². The van der Waals surface area contributed by atoms with Crippen LogP contribution in [0.15, 0.2) is 36.0 Å². The Balaban J connectivity index is 4.04. The summed E-state index contributed by atoms with van der Waals surface area (Å²) in [5.41, 5.74) is 1.29. The summed E-state index contributed by atoms with van der Waals surface area (Å²) in [5.74, 6) is 0. The molecule has 0 radical (unpaired) electrons. The molecule has 56 valence electrons. The number of hydrogen-bond donors (Lipinski definition) is 0. The summed E-state index contributed by atoms with van der Waals surface area (Å²) in [7, 11) is 0. The summed E-state index contributed by atoms with van der Waals surface area (Å²) < 4.78 is 0. The SMILES string of the molecule is C\C=C/C=C(\C=C/C)CBr. The van der Waals surface area contributed by atoms with Gasteiger partial charge in [0.2, 0.25) is 0 Å². The first-order chi connectivity index (χ1) is 4.85. The third-order valence-electron chi connectivity index (χ3n) is 1.04. The molecule has 0 fully saturated rings. The zero-order valence-corrected chi connectivity index (χ0v) is 8.06. The lowest BCUT2D eigenvalue weighted by Crippen LogP contribution is -1.75. The quantitative estimate of drug-likeness (QED) is 0.484. The molecule has 0 unspecified atom stereocenters. The average Bonchev–Trinajstić information content (AvgIpc) is 1.98. The van der Waals surface area contributed by atoms with E-state index in [0.29, 0.717) is 0 Å². The average molecular weight is 201 g/mol. The topological polar surface area (TPSA) is 0 Å². The van der Waals surface area contributed by atoms with Gasteiger partial charge in [-0.1, -0.05) is 46.3 Å². The summed E-state index contributed by atoms with van der Waals surface area (Å²) in [6.45, 7) is 4.03. The van der Waals surface area contributed by atoms with Crippen LogP contribution in [-0.2, 0) is 0 Å². The molecule has 0 spiro atoms. The molecule has 10 heavy (non-hydrogen) atoms. The van der Waals surface area contributed by atoms with Crippen LogP contribution >= 0.6 is 15.9 Å². The second kappa shape index (κ2) is 6.81. The van der Waals surface area contributed by atoms with Gasteiger partial charge >= 0.3 is 0 Å². The van der Waals surface area contributed by atoms with Crippen LogP contribution in [0, 0.1) is 0 Å². The lowest BCUT2D eigenvalue weighted by Gasteiger charge is -1.90. The third kappa shape index (κ3) is 4.57. The van der Waals surface area contributed by atoms with Crippen LogP contribution in [0.4, 0.5) is 0 Å². The Morgan fingerprint density at radius 2 is 2.00 bits per heavy atom. The van der Waals surface area contributed by atoms with Crippen molar-refractivity contribution in [2.24, 2.45) is 0 Å². The molecule has 0 amide bonds. The van der Waals surface area contributed by atoms with Gasteiger partial charge in [-0.05, 0) is 19.4 Å². The van der Waals surface area contributed by atoms with Crippen molar-refractivity contribution in [1.82, 2.24) is 0 Å². The van der Waals surface area contributed by atoms with Gasteiger partial charge in [0.25, 0.3) is 0 Å². The van der Waals surface area contributed by atoms with Gasteiger partial charge < -0.3 is 0 Å². The highest BCUT2D eigenvalue weighted by Gasteiger charge is 1.82. The molecule has 0 rings (SSSR count). The van der Waals surface area contributed by atoms with Gasteiger partial charge in [0.15, 0.2) is 0 Å². The van der Waals surface area contributed by atoms with Crippen LogP contribution in [0.25, 0.3) is 0 Å². The Morgan fingerprint density at radius 3 is 2.40 bits per heavy atom. The molecule has 0 aromatic carbocycles. The molecule has 0 aliphatic carbocycles. The van der Waals surface area contributed by atoms with Crippen LogP contribution in [0.3, 0.4) is 0 Å². The molecule has 0 saturated carbocycles. The van der Waals surface area contributed by atoms with Crippen molar-refractivity contribution in [3.63, 3.8) is 0 Å². The van der Waals surface area contributed by atoms with Crippen LogP contribution in [-0.4, -0.2) is 5.33 Å². The standard InChI is InChI=1S/C9H13Br/c1-3-5-7-9(8-10)6-4-2/h3-7H,8H2,1-2H3/b5-3-,6-4-,9-7+. The second-order valence-corrected chi connectivity index (χ2v) is 2.46. The van der Waals surface area contributed by atoms with E-state index < -0.39 is 0 Å². The lowest BCUT2D eigenvalue weighted by atomic mass is 10.2. The summed E-state index contributed by atoms with van der Waals surface area (Å²) in [4.78, 5) is 0. The van der Waals surface area contributed by atoms with Crippen molar-refractivity contribution in [3.05, 3.63) is 36.0 Å². The Labute approximate surface area is 71.5 Å². The Hall–Kier alpha value is -0.300. The predicted molar refractivity (Wildman–Crippen MR) is 51.5 cm³/mol. The molecule has 0 aromatic rings. The van der Waals surface area contributed by atoms with E-state index >= 15 is 0 Å². The maximum absolute atomic E-state index is 3.39. The minimum atomic E-state index is 0.918. The molecule has 1 heteroatoms. The third-order valence-corrected chi connectivity index (χ3v) is 1.69. The minimum absolute atomic E-state index is 0.918. The predicted octanol–water partition coefficient (Wildman–Crippen LogP) is 3.46. The van der Waals surface area contributed by atoms with Gasteiger partial charge in [-0.15, -0.1) is 0 Å². The molecular weight excluding hydrogens is 188 g/mol. The number of hydrogen-bond acceptors (Lipinski definition) is 0. The first-order valence-corrected chi connectivity index (χ1v) is 4.47. The van der Waals surface area contributed by atoms with E-state index in [-0.39, 0.29) is 0 Å². The Bertz CT molecular complexity index is 152. The maximum atomic E-state index is 3.39. The summed E-state index contributed by atoms with van der Waals surface area (Å²) in [5, 5.41) is 0.918. The van der Waals surface area contributed by atoms with Crippen LogP contribution < -0.4 is 0 Å². The van der Waals surface area contributed by atoms with Crippen molar-refractivity contribution in [3.8, 4) is 0 Å². The van der Waals surface area contributed by atoms with E-state index in [4.69, 9.17) is 0 Å². The molecule has 0 saturated heterocycles. The van der Waals surface area contributed by atoms with Gasteiger partial charge in [0.1, 0.15) is 0 Å². The fourth-order valence-corrected chi connectivity index (χ4v) is 0.952. The number of alkyl halides is 1. The van der Waals surface area contributed by atoms with Gasteiger partial charge in [0, 0.05) is 5.33 Å². The van der Waals surface area contributed by atoms with E-state index in [1.807, 2.05) is 32.1 Å². The normalized spacial score (nSPS) is 13.7. The van der Waals surface area contributed by atoms with E-state index in [0.717, 1.165) is 5.33 Å². The molecule has 0 atom stereocenters. The minimum Gasteiger partial charge on any atom is -0.0877 e. The smallest absolute Gasteiger partial charge is 0.0282 e. The van der Waals surface area contributed by atoms with Crippen LogP contribution in [0.1, 0.15) is 13.8 Å². The Morgan fingerprint density at radius 1 is 1.30 bits per heavy atom. The molecular formula is C9H13Br. The molecule has 0 aromatic heterocycles. The summed E-state index contributed by atoms with van der Waals surface area (Å²) in [6, 6.07) is 0. The highest BCUT2D eigenvalue weighted by Crippen LogP contribution is 2.01. The molecule has 0 nitrogen and oxygen atoms in total. The van der Waals surface area contributed by atoms with Crippen molar-refractivity contribution in [2.75, 3.05) is 5.33 Å². The Kier molecular flexibility index (Phi) is 6.61. The largest absolute Gasteiger partial charge is 0.0877 e. The van der Waals surface area contributed by atoms with Crippen molar-refractivity contribution < 1.29 is 0 Å². The van der Waals surface area contributed by atoms with E-state index in [2.05, 4.69) is 28.1 Å². The van der Waals surface area contributed by atoms with Crippen molar-refractivity contribution in [2.45, 2.75) is 13.8 Å². The van der Waals surface area contributed by atoms with Gasteiger partial charge in [-0.3, -0.25) is 0 Å². The lowest BCUT2D eigenvalue weighted by molar-refractivity contribution is 1.53. The molecule has 0 N–H and O–H groups in total. The highest BCUT2D eigenvalue weighted by atomic mass is 79.9. The highest BCUT2D eigenvalue weighted by molar-refractivity contribution is 9.09. The maximum Gasteiger partial charge on any atom is 0.0282 e. The fourth-order valence-electron chi connectivity index (χ4n) is 0.579. The number of allylic oxidation sites excluding steroid dienone is 6. The van der Waals surface area contributed by atoms with Crippen LogP contribution in [0.2, 0.25) is 0 Å². The van der Waals surface area contributed by atoms with E-state index in [1.165, 1.54) is 5.57 Å². The first kappa shape index (κ1) is 9.70. The van der Waals surface area contributed by atoms with Gasteiger partial charge in [-0.25, -0.2) is 0 Å². The zero-order valence-electron chi connectivity index (χ0n) is 6.47. The molecule has 0 bridgehead atoms. The zero-order chi connectivity index (χ0) is 7.82. The van der Waals surface area contributed by atoms with Gasteiger partial charge in [0.05, 0.1) is 0 Å². The summed E-state index contributed by atoms with van der Waals surface area (Å²) in [6.07, 6.45) is 10.3. The van der Waals surface area contributed by atoms with Crippen molar-refractivity contribution in [1.29, 1.82) is 0 Å². The number of halogens is 1. The molecule has 0 aliphatic heterocycles. The van der Waals surface area contributed by atoms with E-state index in [1.54, 1.807) is 0 Å². The fraction of sp³-hybridized carbons (Fsp3) is 0.333. The molecule has 0 aliphatic rings. The number of rotatable bonds is 3.